The summed E-state index contributed by atoms with van der Waals surface area (Å²) < 4.78 is 55.5. The standard InChI is InChI=1S/C10H9F4NO2/c1-2-17-9(16)7-5(11)3-4-6(15)8(7)10(12,13)14/h3-4H,2,15H2,1H3. The number of rotatable bonds is 2. The Hall–Kier alpha value is -1.79. The van der Waals surface area contributed by atoms with Crippen molar-refractivity contribution in [2.75, 3.05) is 12.3 Å². The fourth-order valence-corrected chi connectivity index (χ4v) is 1.30. The largest absolute Gasteiger partial charge is 0.462 e. The third kappa shape index (κ3) is 2.66. The lowest BCUT2D eigenvalue weighted by atomic mass is 10.0. The Morgan fingerprint density at radius 2 is 2.00 bits per heavy atom. The maximum atomic E-state index is 13.3. The summed E-state index contributed by atoms with van der Waals surface area (Å²) in [6.45, 7) is 1.24. The minimum atomic E-state index is -4.92. The lowest BCUT2D eigenvalue weighted by Gasteiger charge is -2.14. The van der Waals surface area contributed by atoms with E-state index in [1.54, 1.807) is 0 Å². The molecule has 0 radical (unpaired) electrons. The third-order valence-corrected chi connectivity index (χ3v) is 1.95. The number of hydrogen-bond acceptors (Lipinski definition) is 3. The smallest absolute Gasteiger partial charge is 0.419 e. The van der Waals surface area contributed by atoms with Gasteiger partial charge in [-0.3, -0.25) is 0 Å². The van der Waals surface area contributed by atoms with Crippen LogP contribution in [0.25, 0.3) is 0 Å². The fourth-order valence-electron chi connectivity index (χ4n) is 1.30. The van der Waals surface area contributed by atoms with Gasteiger partial charge in [0.25, 0.3) is 0 Å². The van der Waals surface area contributed by atoms with Gasteiger partial charge in [0.2, 0.25) is 0 Å². The number of nitrogen functional groups attached to an aromatic ring is 1. The number of halogens is 4. The average molecular weight is 251 g/mol. The first-order valence-corrected chi connectivity index (χ1v) is 4.61. The average Bonchev–Trinajstić information content (AvgIpc) is 2.19. The molecule has 0 aliphatic rings. The number of alkyl halides is 3. The van der Waals surface area contributed by atoms with Crippen molar-refractivity contribution in [2.45, 2.75) is 13.1 Å². The lowest BCUT2D eigenvalue weighted by molar-refractivity contribution is -0.137. The molecule has 3 nitrogen and oxygen atoms in total. The van der Waals surface area contributed by atoms with Crippen molar-refractivity contribution < 1.29 is 27.1 Å². The van der Waals surface area contributed by atoms with Crippen molar-refractivity contribution in [1.29, 1.82) is 0 Å². The minimum Gasteiger partial charge on any atom is -0.462 e. The van der Waals surface area contributed by atoms with Crippen molar-refractivity contribution in [3.05, 3.63) is 29.1 Å². The van der Waals surface area contributed by atoms with Gasteiger partial charge in [0.05, 0.1) is 12.2 Å². The molecule has 94 valence electrons. The summed E-state index contributed by atoms with van der Waals surface area (Å²) in [5.74, 6) is -2.70. The fraction of sp³-hybridized carbons (Fsp3) is 0.300. The van der Waals surface area contributed by atoms with Gasteiger partial charge in [0.15, 0.2) is 0 Å². The van der Waals surface area contributed by atoms with E-state index in [4.69, 9.17) is 5.73 Å². The van der Waals surface area contributed by atoms with Crippen LogP contribution < -0.4 is 5.73 Å². The van der Waals surface area contributed by atoms with Crippen molar-refractivity contribution in [3.8, 4) is 0 Å². The van der Waals surface area contributed by atoms with Crippen LogP contribution in [0.5, 0.6) is 0 Å². The Morgan fingerprint density at radius 1 is 1.41 bits per heavy atom. The molecule has 1 rings (SSSR count). The molecule has 7 heteroatoms. The highest BCUT2D eigenvalue weighted by Gasteiger charge is 2.39. The second kappa shape index (κ2) is 4.60. The van der Waals surface area contributed by atoms with Crippen molar-refractivity contribution in [1.82, 2.24) is 0 Å². The minimum absolute atomic E-state index is 0.162. The number of esters is 1. The zero-order chi connectivity index (χ0) is 13.2. The van der Waals surface area contributed by atoms with Gasteiger partial charge in [-0.05, 0) is 19.1 Å². The number of nitrogens with two attached hydrogens (primary N) is 1. The molecule has 0 heterocycles. The summed E-state index contributed by atoms with van der Waals surface area (Å²) in [6.07, 6.45) is -4.92. The predicted molar refractivity (Wildman–Crippen MR) is 51.8 cm³/mol. The van der Waals surface area contributed by atoms with Gasteiger partial charge in [-0.2, -0.15) is 13.2 Å². The summed E-state index contributed by atoms with van der Waals surface area (Å²) in [6, 6.07) is 1.44. The van der Waals surface area contributed by atoms with Crippen molar-refractivity contribution in [3.63, 3.8) is 0 Å². The first-order chi connectivity index (χ1) is 7.79. The van der Waals surface area contributed by atoms with Crippen LogP contribution in [-0.4, -0.2) is 12.6 Å². The predicted octanol–water partition coefficient (Wildman–Crippen LogP) is 2.60. The van der Waals surface area contributed by atoms with Crippen LogP contribution in [-0.2, 0) is 10.9 Å². The van der Waals surface area contributed by atoms with Gasteiger partial charge in [-0.1, -0.05) is 0 Å². The second-order valence-electron chi connectivity index (χ2n) is 3.10. The van der Waals surface area contributed by atoms with Crippen LogP contribution in [0.4, 0.5) is 23.2 Å². The van der Waals surface area contributed by atoms with E-state index in [1.165, 1.54) is 6.92 Å². The molecule has 0 aliphatic carbocycles. The van der Waals surface area contributed by atoms with E-state index < -0.39 is 34.8 Å². The van der Waals surface area contributed by atoms with Crippen molar-refractivity contribution in [2.24, 2.45) is 0 Å². The lowest BCUT2D eigenvalue weighted by Crippen LogP contribution is -2.19. The van der Waals surface area contributed by atoms with Gasteiger partial charge < -0.3 is 10.5 Å². The van der Waals surface area contributed by atoms with Crippen LogP contribution in [0.1, 0.15) is 22.8 Å². The number of hydrogen-bond donors (Lipinski definition) is 1. The molecular formula is C10H9F4NO2. The number of anilines is 1. The van der Waals surface area contributed by atoms with Crippen LogP contribution in [0, 0.1) is 5.82 Å². The van der Waals surface area contributed by atoms with Gasteiger partial charge >= 0.3 is 12.1 Å². The van der Waals surface area contributed by atoms with E-state index >= 15 is 0 Å². The van der Waals surface area contributed by atoms with Gasteiger partial charge in [0, 0.05) is 5.69 Å². The molecule has 1 aromatic rings. The Balaban J connectivity index is 3.46. The number of carbonyl (C=O) groups excluding carboxylic acids is 1. The summed E-state index contributed by atoms with van der Waals surface area (Å²) in [5, 5.41) is 0. The first kappa shape index (κ1) is 13.3. The van der Waals surface area contributed by atoms with Gasteiger partial charge in [-0.25, -0.2) is 9.18 Å². The molecule has 0 spiro atoms. The normalized spacial score (nSPS) is 11.4. The molecule has 1 aromatic carbocycles. The van der Waals surface area contributed by atoms with Crippen LogP contribution in [0.15, 0.2) is 12.1 Å². The number of ether oxygens (including phenoxy) is 1. The molecule has 17 heavy (non-hydrogen) atoms. The second-order valence-corrected chi connectivity index (χ2v) is 3.10. The number of carbonyl (C=O) groups is 1. The molecule has 2 N–H and O–H groups in total. The van der Waals surface area contributed by atoms with Gasteiger partial charge in [-0.15, -0.1) is 0 Å². The summed E-state index contributed by atoms with van der Waals surface area (Å²) in [5.41, 5.74) is 1.71. The van der Waals surface area contributed by atoms with Crippen LogP contribution in [0.3, 0.4) is 0 Å². The van der Waals surface area contributed by atoms with Crippen molar-refractivity contribution >= 4 is 11.7 Å². The molecule has 0 fully saturated rings. The third-order valence-electron chi connectivity index (χ3n) is 1.95. The maximum Gasteiger partial charge on any atom is 0.419 e. The molecule has 0 bridgehead atoms. The van der Waals surface area contributed by atoms with E-state index in [9.17, 15) is 22.4 Å². The molecule has 0 amide bonds. The highest BCUT2D eigenvalue weighted by molar-refractivity contribution is 5.93. The Bertz CT molecular complexity index is 443. The van der Waals surface area contributed by atoms with Crippen LogP contribution >= 0.6 is 0 Å². The molecule has 0 unspecified atom stereocenters. The van der Waals surface area contributed by atoms with E-state index in [0.717, 1.165) is 6.07 Å². The first-order valence-electron chi connectivity index (χ1n) is 4.61. The monoisotopic (exact) mass is 251 g/mol. The summed E-state index contributed by atoms with van der Waals surface area (Å²) in [4.78, 5) is 11.3. The molecule has 0 aliphatic heterocycles. The molecule has 0 atom stereocenters. The van der Waals surface area contributed by atoms with E-state index in [1.807, 2.05) is 0 Å². The van der Waals surface area contributed by atoms with E-state index in [-0.39, 0.29) is 6.61 Å². The Morgan fingerprint density at radius 3 is 2.47 bits per heavy atom. The Kier molecular flexibility index (Phi) is 3.59. The molecule has 0 saturated carbocycles. The Labute approximate surface area is 94.2 Å². The topological polar surface area (TPSA) is 52.3 Å². The quantitative estimate of drug-likeness (QED) is 0.499. The SMILES string of the molecule is CCOC(=O)c1c(F)ccc(N)c1C(F)(F)F. The van der Waals surface area contributed by atoms with Gasteiger partial charge in [0.1, 0.15) is 11.4 Å². The van der Waals surface area contributed by atoms with E-state index in [2.05, 4.69) is 4.74 Å². The molecule has 0 aromatic heterocycles. The zero-order valence-corrected chi connectivity index (χ0v) is 8.77. The highest BCUT2D eigenvalue weighted by Crippen LogP contribution is 2.37. The zero-order valence-electron chi connectivity index (χ0n) is 8.77. The number of benzene rings is 1. The van der Waals surface area contributed by atoms with Crippen LogP contribution in [0.2, 0.25) is 0 Å². The maximum absolute atomic E-state index is 13.3. The molecular weight excluding hydrogens is 242 g/mol. The highest BCUT2D eigenvalue weighted by atomic mass is 19.4. The summed E-state index contributed by atoms with van der Waals surface area (Å²) in [7, 11) is 0. The summed E-state index contributed by atoms with van der Waals surface area (Å²) >= 11 is 0. The molecule has 0 saturated heterocycles. The van der Waals surface area contributed by atoms with E-state index in [0.29, 0.717) is 6.07 Å².